The minimum Gasteiger partial charge on any atom is -0.352 e. The fourth-order valence-electron chi connectivity index (χ4n) is 3.40. The van der Waals surface area contributed by atoms with Crippen LogP contribution >= 0.6 is 11.8 Å². The van der Waals surface area contributed by atoms with Gasteiger partial charge in [0.05, 0.1) is 5.75 Å². The van der Waals surface area contributed by atoms with Gasteiger partial charge < -0.3 is 5.32 Å². The fourth-order valence-corrected chi connectivity index (χ4v) is 4.16. The van der Waals surface area contributed by atoms with Crippen molar-refractivity contribution in [2.75, 3.05) is 5.75 Å². The standard InChI is InChI=1S/C20H26N4OS/c1-3-13-24-19(16-10-5-4-6-11-16)22-23-20(24)26-14-18(25)21-17-12-8-7-9-15(17)2/h3-6,10-11,15,17H,1,7-9,12-14H2,2H3,(H,21,25)/t15-,17+/m0/s1. The molecule has 138 valence electrons. The van der Waals surface area contributed by atoms with E-state index in [2.05, 4.69) is 29.0 Å². The number of thioether (sulfide) groups is 1. The van der Waals surface area contributed by atoms with Gasteiger partial charge >= 0.3 is 0 Å². The second-order valence-electron chi connectivity index (χ2n) is 6.80. The van der Waals surface area contributed by atoms with E-state index < -0.39 is 0 Å². The predicted octanol–water partition coefficient (Wildman–Crippen LogP) is 3.92. The summed E-state index contributed by atoms with van der Waals surface area (Å²) in [6.45, 7) is 6.67. The Morgan fingerprint density at radius 3 is 2.81 bits per heavy atom. The highest BCUT2D eigenvalue weighted by Gasteiger charge is 2.23. The molecule has 5 nitrogen and oxygen atoms in total. The molecule has 1 aromatic heterocycles. The van der Waals surface area contributed by atoms with Crippen molar-refractivity contribution in [1.82, 2.24) is 20.1 Å². The average Bonchev–Trinajstić information content (AvgIpc) is 3.06. The van der Waals surface area contributed by atoms with Gasteiger partial charge in [-0.3, -0.25) is 9.36 Å². The van der Waals surface area contributed by atoms with Crippen molar-refractivity contribution in [1.29, 1.82) is 0 Å². The SMILES string of the molecule is C=CCn1c(SCC(=O)N[C@@H]2CCCC[C@@H]2C)nnc1-c1ccccc1. The molecule has 26 heavy (non-hydrogen) atoms. The summed E-state index contributed by atoms with van der Waals surface area (Å²) in [6.07, 6.45) is 6.59. The van der Waals surface area contributed by atoms with Crippen molar-refractivity contribution in [3.05, 3.63) is 43.0 Å². The fraction of sp³-hybridized carbons (Fsp3) is 0.450. The van der Waals surface area contributed by atoms with Gasteiger partial charge in [0.15, 0.2) is 11.0 Å². The molecule has 0 bridgehead atoms. The van der Waals surface area contributed by atoms with Crippen molar-refractivity contribution in [2.24, 2.45) is 5.92 Å². The highest BCUT2D eigenvalue weighted by atomic mass is 32.2. The summed E-state index contributed by atoms with van der Waals surface area (Å²) in [5.41, 5.74) is 1.01. The van der Waals surface area contributed by atoms with Gasteiger partial charge in [-0.1, -0.05) is 67.9 Å². The van der Waals surface area contributed by atoms with Crippen LogP contribution in [0.4, 0.5) is 0 Å². The summed E-state index contributed by atoms with van der Waals surface area (Å²) in [4.78, 5) is 12.4. The number of allylic oxidation sites excluding steroid dienone is 1. The van der Waals surface area contributed by atoms with Gasteiger partial charge in [0.25, 0.3) is 0 Å². The van der Waals surface area contributed by atoms with Gasteiger partial charge in [0.2, 0.25) is 5.91 Å². The van der Waals surface area contributed by atoms with Crippen molar-refractivity contribution >= 4 is 17.7 Å². The Bertz CT molecular complexity index is 744. The third-order valence-corrected chi connectivity index (χ3v) is 5.82. The third-order valence-electron chi connectivity index (χ3n) is 4.85. The first-order valence-electron chi connectivity index (χ1n) is 9.20. The maximum atomic E-state index is 12.4. The number of rotatable bonds is 7. The maximum absolute atomic E-state index is 12.4. The van der Waals surface area contributed by atoms with Crippen LogP contribution in [0.1, 0.15) is 32.6 Å². The van der Waals surface area contributed by atoms with E-state index in [1.165, 1.54) is 31.0 Å². The lowest BCUT2D eigenvalue weighted by molar-refractivity contribution is -0.119. The second-order valence-corrected chi connectivity index (χ2v) is 7.74. The summed E-state index contributed by atoms with van der Waals surface area (Å²) < 4.78 is 2.00. The molecule has 0 saturated heterocycles. The number of carbonyl (C=O) groups is 1. The summed E-state index contributed by atoms with van der Waals surface area (Å²) in [6, 6.07) is 10.3. The van der Waals surface area contributed by atoms with E-state index >= 15 is 0 Å². The molecule has 0 unspecified atom stereocenters. The first-order valence-corrected chi connectivity index (χ1v) is 10.2. The molecule has 6 heteroatoms. The summed E-state index contributed by atoms with van der Waals surface area (Å²) in [5.74, 6) is 1.79. The van der Waals surface area contributed by atoms with E-state index in [9.17, 15) is 4.79 Å². The van der Waals surface area contributed by atoms with E-state index in [0.717, 1.165) is 23.0 Å². The molecule has 3 rings (SSSR count). The van der Waals surface area contributed by atoms with Gasteiger partial charge in [-0.05, 0) is 18.8 Å². The Morgan fingerprint density at radius 1 is 1.31 bits per heavy atom. The lowest BCUT2D eigenvalue weighted by Crippen LogP contribution is -2.41. The van der Waals surface area contributed by atoms with Crippen LogP contribution in [0.2, 0.25) is 0 Å². The molecule has 1 N–H and O–H groups in total. The Balaban J connectivity index is 1.65. The van der Waals surface area contributed by atoms with E-state index in [-0.39, 0.29) is 5.91 Å². The number of nitrogens with zero attached hydrogens (tertiary/aromatic N) is 3. The van der Waals surface area contributed by atoms with E-state index in [1.54, 1.807) is 0 Å². The average molecular weight is 371 g/mol. The van der Waals surface area contributed by atoms with Crippen molar-refractivity contribution in [3.63, 3.8) is 0 Å². The van der Waals surface area contributed by atoms with Crippen LogP contribution in [0.25, 0.3) is 11.4 Å². The minimum absolute atomic E-state index is 0.0724. The largest absolute Gasteiger partial charge is 0.352 e. The number of hydrogen-bond acceptors (Lipinski definition) is 4. The Labute approximate surface area is 159 Å². The van der Waals surface area contributed by atoms with E-state index in [4.69, 9.17) is 0 Å². The first-order chi connectivity index (χ1) is 12.7. The number of hydrogen-bond donors (Lipinski definition) is 1. The van der Waals surface area contributed by atoms with Crippen LogP contribution in [-0.2, 0) is 11.3 Å². The molecule has 2 atom stereocenters. The molecule has 0 radical (unpaired) electrons. The van der Waals surface area contributed by atoms with Gasteiger partial charge in [-0.15, -0.1) is 16.8 Å². The monoisotopic (exact) mass is 370 g/mol. The zero-order valence-electron chi connectivity index (χ0n) is 15.2. The number of benzene rings is 1. The van der Waals surface area contributed by atoms with Gasteiger partial charge in [0.1, 0.15) is 0 Å². The highest BCUT2D eigenvalue weighted by Crippen LogP contribution is 2.25. The number of amides is 1. The van der Waals surface area contributed by atoms with E-state index in [1.807, 2.05) is 41.0 Å². The normalized spacial score (nSPS) is 19.9. The van der Waals surface area contributed by atoms with Crippen LogP contribution < -0.4 is 5.32 Å². The molecule has 1 aliphatic carbocycles. The Hall–Kier alpha value is -2.08. The maximum Gasteiger partial charge on any atom is 0.230 e. The van der Waals surface area contributed by atoms with Crippen molar-refractivity contribution in [2.45, 2.75) is 50.4 Å². The molecule has 2 aromatic rings. The topological polar surface area (TPSA) is 59.8 Å². The Kier molecular flexibility index (Phi) is 6.50. The molecular weight excluding hydrogens is 344 g/mol. The van der Waals surface area contributed by atoms with Crippen LogP contribution in [-0.4, -0.2) is 32.5 Å². The quantitative estimate of drug-likeness (QED) is 0.593. The summed E-state index contributed by atoms with van der Waals surface area (Å²) in [7, 11) is 0. The summed E-state index contributed by atoms with van der Waals surface area (Å²) in [5, 5.41) is 12.6. The van der Waals surface area contributed by atoms with Crippen LogP contribution in [0.15, 0.2) is 48.1 Å². The number of carbonyl (C=O) groups excluding carboxylic acids is 1. The number of nitrogens with one attached hydrogen (secondary N) is 1. The number of aromatic nitrogens is 3. The molecular formula is C20H26N4OS. The smallest absolute Gasteiger partial charge is 0.230 e. The molecule has 1 aromatic carbocycles. The molecule has 1 saturated carbocycles. The van der Waals surface area contributed by atoms with Gasteiger partial charge in [-0.25, -0.2) is 0 Å². The minimum atomic E-state index is 0.0724. The van der Waals surface area contributed by atoms with Crippen molar-refractivity contribution < 1.29 is 4.79 Å². The van der Waals surface area contributed by atoms with Crippen LogP contribution in [0, 0.1) is 5.92 Å². The van der Waals surface area contributed by atoms with Crippen LogP contribution in [0.5, 0.6) is 0 Å². The van der Waals surface area contributed by atoms with Crippen LogP contribution in [0.3, 0.4) is 0 Å². The van der Waals surface area contributed by atoms with Crippen molar-refractivity contribution in [3.8, 4) is 11.4 Å². The molecule has 1 fully saturated rings. The highest BCUT2D eigenvalue weighted by molar-refractivity contribution is 7.99. The molecule has 1 amide bonds. The Morgan fingerprint density at radius 2 is 2.08 bits per heavy atom. The zero-order valence-corrected chi connectivity index (χ0v) is 16.0. The summed E-state index contributed by atoms with van der Waals surface area (Å²) >= 11 is 1.43. The molecule has 0 aliphatic heterocycles. The molecule has 1 heterocycles. The van der Waals surface area contributed by atoms with Gasteiger partial charge in [-0.2, -0.15) is 0 Å². The van der Waals surface area contributed by atoms with E-state index in [0.29, 0.717) is 24.3 Å². The second kappa shape index (κ2) is 9.03. The van der Waals surface area contributed by atoms with Gasteiger partial charge in [0, 0.05) is 18.2 Å². The predicted molar refractivity (Wildman–Crippen MR) is 106 cm³/mol. The lowest BCUT2D eigenvalue weighted by Gasteiger charge is -2.29. The third kappa shape index (κ3) is 4.55. The molecule has 0 spiro atoms. The first kappa shape index (κ1) is 18.7. The zero-order chi connectivity index (χ0) is 18.4. The molecule has 1 aliphatic rings. The lowest BCUT2D eigenvalue weighted by atomic mass is 9.86.